The minimum atomic E-state index is -4.35. The SMILES string of the molecule is COc1ccc(/C=C/C(=O)NC(C)C(=O)N2CCN(Cc3ccc(C(F)(F)F)cc3)CC2)cc1. The summed E-state index contributed by atoms with van der Waals surface area (Å²) in [6, 6.07) is 11.7. The summed E-state index contributed by atoms with van der Waals surface area (Å²) in [5, 5.41) is 2.69. The van der Waals surface area contributed by atoms with Gasteiger partial charge in [0.1, 0.15) is 11.8 Å². The Labute approximate surface area is 197 Å². The summed E-state index contributed by atoms with van der Waals surface area (Å²) >= 11 is 0. The zero-order valence-corrected chi connectivity index (χ0v) is 19.1. The molecule has 182 valence electrons. The van der Waals surface area contributed by atoms with Gasteiger partial charge in [-0.15, -0.1) is 0 Å². The van der Waals surface area contributed by atoms with Crippen molar-refractivity contribution in [3.63, 3.8) is 0 Å². The van der Waals surface area contributed by atoms with Crippen LogP contribution in [0.4, 0.5) is 13.2 Å². The van der Waals surface area contributed by atoms with Crippen LogP contribution < -0.4 is 10.1 Å². The van der Waals surface area contributed by atoms with Gasteiger partial charge in [0.05, 0.1) is 12.7 Å². The fraction of sp³-hybridized carbons (Fsp3) is 0.360. The maximum atomic E-state index is 12.7. The van der Waals surface area contributed by atoms with Crippen LogP contribution in [0.1, 0.15) is 23.6 Å². The molecule has 0 radical (unpaired) electrons. The van der Waals surface area contributed by atoms with Crippen molar-refractivity contribution in [2.75, 3.05) is 33.3 Å². The van der Waals surface area contributed by atoms with Gasteiger partial charge in [-0.05, 0) is 48.4 Å². The first kappa shape index (κ1) is 25.3. The number of halogens is 3. The van der Waals surface area contributed by atoms with Crippen LogP contribution >= 0.6 is 0 Å². The van der Waals surface area contributed by atoms with Crippen LogP contribution in [0, 0.1) is 0 Å². The first-order chi connectivity index (χ1) is 16.2. The quantitative estimate of drug-likeness (QED) is 0.622. The molecule has 1 N–H and O–H groups in total. The Kier molecular flexibility index (Phi) is 8.33. The van der Waals surface area contributed by atoms with E-state index in [9.17, 15) is 22.8 Å². The smallest absolute Gasteiger partial charge is 0.416 e. The van der Waals surface area contributed by atoms with E-state index in [1.165, 1.54) is 18.2 Å². The lowest BCUT2D eigenvalue weighted by molar-refractivity contribution is -0.137. The number of rotatable bonds is 7. The lowest BCUT2D eigenvalue weighted by Gasteiger charge is -2.36. The second kappa shape index (κ2) is 11.2. The lowest BCUT2D eigenvalue weighted by atomic mass is 10.1. The van der Waals surface area contributed by atoms with Gasteiger partial charge in [-0.25, -0.2) is 0 Å². The van der Waals surface area contributed by atoms with Crippen LogP contribution in [-0.4, -0.2) is 60.9 Å². The molecular weight excluding hydrogens is 447 g/mol. The van der Waals surface area contributed by atoms with Crippen LogP contribution in [0.25, 0.3) is 6.08 Å². The second-order valence-electron chi connectivity index (χ2n) is 8.13. The number of methoxy groups -OCH3 is 1. The molecule has 2 amide bonds. The third-order valence-corrected chi connectivity index (χ3v) is 5.64. The van der Waals surface area contributed by atoms with Crippen molar-refractivity contribution in [1.29, 1.82) is 0 Å². The Bertz CT molecular complexity index is 997. The minimum absolute atomic E-state index is 0.166. The van der Waals surface area contributed by atoms with Gasteiger partial charge in [0.15, 0.2) is 0 Å². The number of alkyl halides is 3. The van der Waals surface area contributed by atoms with Crippen molar-refractivity contribution in [2.45, 2.75) is 25.7 Å². The summed E-state index contributed by atoms with van der Waals surface area (Å²) in [7, 11) is 1.58. The van der Waals surface area contributed by atoms with E-state index in [4.69, 9.17) is 4.74 Å². The number of piperazine rings is 1. The molecule has 0 saturated carbocycles. The Morgan fingerprint density at radius 3 is 2.21 bits per heavy atom. The van der Waals surface area contributed by atoms with E-state index in [2.05, 4.69) is 10.2 Å². The predicted molar refractivity (Wildman–Crippen MR) is 123 cm³/mol. The van der Waals surface area contributed by atoms with Crippen molar-refractivity contribution >= 4 is 17.9 Å². The molecule has 1 fully saturated rings. The molecule has 0 spiro atoms. The van der Waals surface area contributed by atoms with E-state index in [0.29, 0.717) is 32.7 Å². The number of carbonyl (C=O) groups excluding carboxylic acids is 2. The van der Waals surface area contributed by atoms with Gasteiger partial charge in [-0.3, -0.25) is 14.5 Å². The summed E-state index contributed by atoms with van der Waals surface area (Å²) in [5.41, 5.74) is 0.956. The highest BCUT2D eigenvalue weighted by Gasteiger charge is 2.30. The van der Waals surface area contributed by atoms with Gasteiger partial charge >= 0.3 is 6.18 Å². The molecule has 1 heterocycles. The Morgan fingerprint density at radius 2 is 1.65 bits per heavy atom. The molecule has 3 rings (SSSR count). The van der Waals surface area contributed by atoms with Gasteiger partial charge in [-0.2, -0.15) is 13.2 Å². The molecule has 1 unspecified atom stereocenters. The number of nitrogens with zero attached hydrogens (tertiary/aromatic N) is 2. The van der Waals surface area contributed by atoms with Crippen LogP contribution in [-0.2, 0) is 22.3 Å². The Hall–Kier alpha value is -3.33. The number of hydrogen-bond acceptors (Lipinski definition) is 4. The highest BCUT2D eigenvalue weighted by atomic mass is 19.4. The number of benzene rings is 2. The van der Waals surface area contributed by atoms with E-state index >= 15 is 0 Å². The normalized spacial score (nSPS) is 15.9. The molecule has 2 aromatic rings. The maximum Gasteiger partial charge on any atom is 0.416 e. The molecular formula is C25H28F3N3O3. The van der Waals surface area contributed by atoms with Gasteiger partial charge < -0.3 is 15.0 Å². The Morgan fingerprint density at radius 1 is 1.03 bits per heavy atom. The highest BCUT2D eigenvalue weighted by Crippen LogP contribution is 2.29. The van der Waals surface area contributed by atoms with Crippen LogP contribution in [0.5, 0.6) is 5.75 Å². The summed E-state index contributed by atoms with van der Waals surface area (Å²) in [6.07, 6.45) is -1.30. The molecule has 1 atom stereocenters. The molecule has 0 bridgehead atoms. The average Bonchev–Trinajstić information content (AvgIpc) is 2.83. The molecule has 1 saturated heterocycles. The van der Waals surface area contributed by atoms with Gasteiger partial charge in [0.2, 0.25) is 11.8 Å². The zero-order valence-electron chi connectivity index (χ0n) is 19.1. The van der Waals surface area contributed by atoms with Crippen LogP contribution in [0.3, 0.4) is 0 Å². The van der Waals surface area contributed by atoms with Crippen molar-refractivity contribution in [3.8, 4) is 5.75 Å². The van der Waals surface area contributed by atoms with Crippen molar-refractivity contribution in [1.82, 2.24) is 15.1 Å². The molecule has 9 heteroatoms. The van der Waals surface area contributed by atoms with Crippen LogP contribution in [0.15, 0.2) is 54.6 Å². The largest absolute Gasteiger partial charge is 0.497 e. The van der Waals surface area contributed by atoms with E-state index in [1.807, 2.05) is 12.1 Å². The predicted octanol–water partition coefficient (Wildman–Crippen LogP) is 3.58. The number of hydrogen-bond donors (Lipinski definition) is 1. The second-order valence-corrected chi connectivity index (χ2v) is 8.13. The van der Waals surface area contributed by atoms with E-state index in [-0.39, 0.29) is 11.8 Å². The van der Waals surface area contributed by atoms with E-state index in [1.54, 1.807) is 37.1 Å². The molecule has 34 heavy (non-hydrogen) atoms. The number of carbonyl (C=O) groups is 2. The van der Waals surface area contributed by atoms with Crippen molar-refractivity contribution in [3.05, 3.63) is 71.3 Å². The summed E-state index contributed by atoms with van der Waals surface area (Å²) in [5.74, 6) is 0.193. The van der Waals surface area contributed by atoms with Crippen molar-refractivity contribution < 1.29 is 27.5 Å². The third-order valence-electron chi connectivity index (χ3n) is 5.64. The molecule has 0 aliphatic carbocycles. The summed E-state index contributed by atoms with van der Waals surface area (Å²) in [6.45, 7) is 4.34. The molecule has 2 aromatic carbocycles. The molecule has 6 nitrogen and oxygen atoms in total. The molecule has 1 aliphatic heterocycles. The fourth-order valence-corrected chi connectivity index (χ4v) is 3.67. The topological polar surface area (TPSA) is 61.9 Å². The molecule has 1 aliphatic rings. The standard InChI is InChI=1S/C25H28F3N3O3/c1-18(29-23(32)12-7-19-5-10-22(34-2)11-6-19)24(33)31-15-13-30(14-16-31)17-20-3-8-21(9-4-20)25(26,27)28/h3-12,18H,13-17H2,1-2H3,(H,29,32)/b12-7+. The zero-order chi connectivity index (χ0) is 24.7. The fourth-order valence-electron chi connectivity index (χ4n) is 3.67. The van der Waals surface area contributed by atoms with Gasteiger partial charge in [0.25, 0.3) is 0 Å². The lowest BCUT2D eigenvalue weighted by Crippen LogP contribution is -2.53. The molecule has 0 aromatic heterocycles. The summed E-state index contributed by atoms with van der Waals surface area (Å²) < 4.78 is 43.2. The number of ether oxygens (including phenoxy) is 1. The van der Waals surface area contributed by atoms with E-state index < -0.39 is 17.8 Å². The van der Waals surface area contributed by atoms with Crippen LogP contribution in [0.2, 0.25) is 0 Å². The first-order valence-electron chi connectivity index (χ1n) is 11.0. The monoisotopic (exact) mass is 475 g/mol. The van der Waals surface area contributed by atoms with Gasteiger partial charge in [0, 0.05) is 38.8 Å². The first-order valence-corrected chi connectivity index (χ1v) is 11.0. The van der Waals surface area contributed by atoms with E-state index in [0.717, 1.165) is 29.0 Å². The maximum absolute atomic E-state index is 12.7. The van der Waals surface area contributed by atoms with Gasteiger partial charge in [-0.1, -0.05) is 24.3 Å². The third kappa shape index (κ3) is 7.08. The highest BCUT2D eigenvalue weighted by molar-refractivity contribution is 5.95. The van der Waals surface area contributed by atoms with Crippen molar-refractivity contribution in [2.24, 2.45) is 0 Å². The number of amides is 2. The average molecular weight is 476 g/mol. The number of nitrogens with one attached hydrogen (secondary N) is 1. The minimum Gasteiger partial charge on any atom is -0.497 e. The Balaban J connectivity index is 1.44. The summed E-state index contributed by atoms with van der Waals surface area (Å²) in [4.78, 5) is 28.7.